The molecule has 1 saturated carbocycles. The molecule has 0 bridgehead atoms. The summed E-state index contributed by atoms with van der Waals surface area (Å²) in [7, 11) is -3.77. The highest BCUT2D eigenvalue weighted by molar-refractivity contribution is 7.89. The van der Waals surface area contributed by atoms with Crippen LogP contribution in [0.4, 0.5) is 5.95 Å². The van der Waals surface area contributed by atoms with E-state index in [1.165, 1.54) is 0 Å². The van der Waals surface area contributed by atoms with Gasteiger partial charge in [-0.3, -0.25) is 4.79 Å². The number of aliphatic hydroxyl groups excluding tert-OH is 1. The summed E-state index contributed by atoms with van der Waals surface area (Å²) in [6.07, 6.45) is 9.93. The van der Waals surface area contributed by atoms with Crippen molar-refractivity contribution in [3.8, 4) is 11.3 Å². The van der Waals surface area contributed by atoms with Gasteiger partial charge in [0, 0.05) is 44.4 Å². The third-order valence-corrected chi connectivity index (χ3v) is 9.53. The van der Waals surface area contributed by atoms with Crippen molar-refractivity contribution in [2.45, 2.75) is 88.2 Å². The number of fused-ring (bicyclic) bond motifs is 1. The number of rotatable bonds is 11. The Hall–Kier alpha value is -3.09. The molecule has 12 heteroatoms. The summed E-state index contributed by atoms with van der Waals surface area (Å²) in [5, 5.41) is 19.1. The van der Waals surface area contributed by atoms with Crippen LogP contribution in [0.1, 0.15) is 77.2 Å². The number of unbranched alkanes of at least 4 members (excludes halogenated alkanes) is 1. The van der Waals surface area contributed by atoms with E-state index in [4.69, 9.17) is 10.1 Å². The van der Waals surface area contributed by atoms with Gasteiger partial charge in [-0.1, -0.05) is 25.5 Å². The Morgan fingerprint density at radius 2 is 1.78 bits per heavy atom. The normalized spacial score (nSPS) is 19.9. The van der Waals surface area contributed by atoms with E-state index < -0.39 is 10.0 Å². The van der Waals surface area contributed by atoms with Crippen molar-refractivity contribution in [2.24, 2.45) is 0 Å². The van der Waals surface area contributed by atoms with E-state index in [9.17, 15) is 18.3 Å². The Bertz CT molecular complexity index is 1430. The number of carbonyl (C=O) groups excluding carboxylic acids is 1. The second-order valence-corrected chi connectivity index (χ2v) is 12.8. The fraction of sp³-hybridized carbons (Fsp3) is 0.586. The van der Waals surface area contributed by atoms with E-state index >= 15 is 0 Å². The van der Waals surface area contributed by atoms with Gasteiger partial charge < -0.3 is 15.3 Å². The Balaban J connectivity index is 1.34. The molecule has 0 radical (unpaired) electrons. The summed E-state index contributed by atoms with van der Waals surface area (Å²) in [6, 6.07) is 6.74. The van der Waals surface area contributed by atoms with Crippen LogP contribution in [0.2, 0.25) is 0 Å². The number of nitrogens with zero attached hydrogens (tertiary/aromatic N) is 5. The van der Waals surface area contributed by atoms with Gasteiger partial charge in [0.15, 0.2) is 5.65 Å². The third kappa shape index (κ3) is 7.04. The predicted molar refractivity (Wildman–Crippen MR) is 158 cm³/mol. The van der Waals surface area contributed by atoms with Crippen molar-refractivity contribution in [1.29, 1.82) is 0 Å². The van der Waals surface area contributed by atoms with E-state index in [2.05, 4.69) is 21.9 Å². The molecule has 0 spiro atoms. The van der Waals surface area contributed by atoms with Crippen LogP contribution >= 0.6 is 0 Å². The molecular weight excluding hydrogens is 542 g/mol. The minimum absolute atomic E-state index is 0.0105. The topological polar surface area (TPSA) is 142 Å². The molecule has 0 atom stereocenters. The highest BCUT2D eigenvalue weighted by Gasteiger charge is 2.26. The Morgan fingerprint density at radius 3 is 2.49 bits per heavy atom. The third-order valence-electron chi connectivity index (χ3n) is 8.05. The molecule has 41 heavy (non-hydrogen) atoms. The van der Waals surface area contributed by atoms with Gasteiger partial charge in [-0.05, 0) is 63.5 Å². The summed E-state index contributed by atoms with van der Waals surface area (Å²) in [5.74, 6) is 0.546. The molecule has 3 N–H and O–H groups in total. The van der Waals surface area contributed by atoms with Gasteiger partial charge in [0.25, 0.3) is 0 Å². The number of aromatic nitrogens is 4. The second-order valence-electron chi connectivity index (χ2n) is 11.1. The van der Waals surface area contributed by atoms with Crippen LogP contribution in [-0.4, -0.2) is 76.4 Å². The molecule has 2 fully saturated rings. The number of likely N-dealkylation sites (tertiary alicyclic amines) is 1. The zero-order valence-electron chi connectivity index (χ0n) is 23.8. The first kappa shape index (κ1) is 29.4. The van der Waals surface area contributed by atoms with Crippen LogP contribution in [0, 0.1) is 0 Å². The number of sulfonamides is 1. The van der Waals surface area contributed by atoms with E-state index in [1.807, 2.05) is 9.58 Å². The van der Waals surface area contributed by atoms with Crippen LogP contribution in [0.25, 0.3) is 22.3 Å². The highest BCUT2D eigenvalue weighted by atomic mass is 32.2. The van der Waals surface area contributed by atoms with Crippen LogP contribution < -0.4 is 10.0 Å². The van der Waals surface area contributed by atoms with E-state index in [1.54, 1.807) is 30.5 Å². The van der Waals surface area contributed by atoms with Crippen LogP contribution in [0.15, 0.2) is 35.4 Å². The van der Waals surface area contributed by atoms with Gasteiger partial charge in [-0.2, -0.15) is 10.1 Å². The summed E-state index contributed by atoms with van der Waals surface area (Å²) < 4.78 is 30.4. The van der Waals surface area contributed by atoms with Crippen molar-refractivity contribution < 1.29 is 18.3 Å². The zero-order valence-corrected chi connectivity index (χ0v) is 24.6. The van der Waals surface area contributed by atoms with E-state index in [0.29, 0.717) is 11.6 Å². The van der Waals surface area contributed by atoms with Gasteiger partial charge in [0.1, 0.15) is 5.69 Å². The van der Waals surface area contributed by atoms with Gasteiger partial charge in [-0.25, -0.2) is 22.8 Å². The Labute approximate surface area is 241 Å². The lowest BCUT2D eigenvalue weighted by Gasteiger charge is -2.26. The summed E-state index contributed by atoms with van der Waals surface area (Å²) in [5.41, 5.74) is 2.18. The van der Waals surface area contributed by atoms with Crippen molar-refractivity contribution in [2.75, 3.05) is 31.5 Å². The lowest BCUT2D eigenvalue weighted by molar-refractivity contribution is -0.131. The number of hydrogen-bond donors (Lipinski definition) is 3. The average Bonchev–Trinajstić information content (AvgIpc) is 3.37. The number of amides is 1. The number of carbonyl (C=O) groups is 1. The number of aliphatic hydroxyl groups is 1. The molecule has 3 aromatic rings. The minimum Gasteiger partial charge on any atom is -0.393 e. The zero-order chi connectivity index (χ0) is 28.8. The standard InChI is InChI=1S/C29H41N7O4S/c1-2-3-16-30-29-31-20-25-27(34-36(28(25)33-29)22-9-11-23(37)12-10-22)21-7-13-24(14-8-21)41(39,40)32-17-15-26(38)35-18-5-4-6-19-35/h7-8,13-14,20,22-23,32,37H,2-6,9-12,15-19H2,1H3,(H,30,31,33)/t22-,23-. The molecule has 0 unspecified atom stereocenters. The average molecular weight is 584 g/mol. The van der Waals surface area contributed by atoms with E-state index in [-0.39, 0.29) is 35.9 Å². The minimum atomic E-state index is -3.77. The van der Waals surface area contributed by atoms with Crippen LogP contribution in [-0.2, 0) is 14.8 Å². The molecule has 2 aromatic heterocycles. The lowest BCUT2D eigenvalue weighted by atomic mass is 9.93. The van der Waals surface area contributed by atoms with Gasteiger partial charge in [-0.15, -0.1) is 0 Å². The number of hydrogen-bond acceptors (Lipinski definition) is 8. The highest BCUT2D eigenvalue weighted by Crippen LogP contribution is 2.34. The molecule has 1 saturated heterocycles. The van der Waals surface area contributed by atoms with E-state index in [0.717, 1.165) is 94.0 Å². The molecule has 1 aliphatic heterocycles. The van der Waals surface area contributed by atoms with Crippen LogP contribution in [0.3, 0.4) is 0 Å². The number of benzene rings is 1. The SMILES string of the molecule is CCCCNc1ncc2c(-c3ccc(S(=O)(=O)NCCC(=O)N4CCCCC4)cc3)nn([C@H]3CC[C@H](O)CC3)c2n1. The summed E-state index contributed by atoms with van der Waals surface area (Å²) in [6.45, 7) is 4.49. The lowest BCUT2D eigenvalue weighted by Crippen LogP contribution is -2.37. The van der Waals surface area contributed by atoms with Crippen molar-refractivity contribution in [1.82, 2.24) is 29.4 Å². The van der Waals surface area contributed by atoms with Crippen molar-refractivity contribution in [3.05, 3.63) is 30.5 Å². The first-order chi connectivity index (χ1) is 19.9. The molecule has 1 aliphatic carbocycles. The summed E-state index contributed by atoms with van der Waals surface area (Å²) in [4.78, 5) is 23.7. The van der Waals surface area contributed by atoms with Crippen LogP contribution in [0.5, 0.6) is 0 Å². The molecule has 3 heterocycles. The van der Waals surface area contributed by atoms with Crippen molar-refractivity contribution in [3.63, 3.8) is 0 Å². The summed E-state index contributed by atoms with van der Waals surface area (Å²) >= 11 is 0. The number of nitrogens with one attached hydrogen (secondary N) is 2. The molecule has 11 nitrogen and oxygen atoms in total. The maximum absolute atomic E-state index is 12.9. The Morgan fingerprint density at radius 1 is 1.05 bits per heavy atom. The van der Waals surface area contributed by atoms with Gasteiger partial charge >= 0.3 is 0 Å². The first-order valence-electron chi connectivity index (χ1n) is 14.9. The first-order valence-corrected chi connectivity index (χ1v) is 16.4. The van der Waals surface area contributed by atoms with Gasteiger partial charge in [0.05, 0.1) is 22.4 Å². The van der Waals surface area contributed by atoms with Gasteiger partial charge in [0.2, 0.25) is 21.9 Å². The largest absolute Gasteiger partial charge is 0.393 e. The fourth-order valence-electron chi connectivity index (χ4n) is 5.63. The molecule has 1 aromatic carbocycles. The second kappa shape index (κ2) is 13.3. The maximum Gasteiger partial charge on any atom is 0.240 e. The smallest absolute Gasteiger partial charge is 0.240 e. The van der Waals surface area contributed by atoms with Crippen molar-refractivity contribution >= 4 is 32.9 Å². The molecule has 5 rings (SSSR count). The fourth-order valence-corrected chi connectivity index (χ4v) is 6.66. The molecule has 2 aliphatic rings. The molecule has 1 amide bonds. The Kier molecular flexibility index (Phi) is 9.51. The molecule has 222 valence electrons. The predicted octanol–water partition coefficient (Wildman–Crippen LogP) is 3.86. The quantitative estimate of drug-likeness (QED) is 0.289. The number of anilines is 1. The molecular formula is C29H41N7O4S. The number of piperidine rings is 1. The monoisotopic (exact) mass is 583 g/mol. The maximum atomic E-state index is 12.9.